The van der Waals surface area contributed by atoms with Gasteiger partial charge in [0.2, 0.25) is 0 Å². The van der Waals surface area contributed by atoms with Crippen LogP contribution in [0.2, 0.25) is 0 Å². The molecule has 0 aliphatic rings. The fourth-order valence-corrected chi connectivity index (χ4v) is 6.83. The van der Waals surface area contributed by atoms with Gasteiger partial charge in [-0.05, 0) is 77.0 Å². The maximum atomic E-state index is 12.6. The third-order valence-corrected chi connectivity index (χ3v) is 10.7. The van der Waals surface area contributed by atoms with Crippen LogP contribution in [-0.2, 0) is 37.5 Å². The molecule has 0 saturated heterocycles. The standard InChI is InChI=1S/C48H84NO10P/c1-3-5-7-9-11-13-15-17-19-20-21-22-23-24-26-27-29-31-33-35-37-39-46(50)56-41-44(42-57-60(54,55)58-43-45(49)48(52)53)59-47(51)40-38-36-34-32-30-28-25-18-16-14-12-10-8-6-4-2/h14,16,19-20,22-23,26-27,31,33,44-45H,3-13,15,17-18,21,24-25,28-30,32,34-43,49H2,1-2H3,(H,52,53)(H,54,55)/b16-14+,20-19+,23-22+,27-26+,33-31+/t44-,45-/m0/s1. The molecule has 0 aliphatic heterocycles. The van der Waals surface area contributed by atoms with E-state index in [0.717, 1.165) is 51.4 Å². The molecule has 0 aromatic rings. The van der Waals surface area contributed by atoms with E-state index in [0.29, 0.717) is 19.3 Å². The molecular formula is C48H84NO10P. The number of carboxylic acid groups (broad SMARTS) is 1. The molecule has 11 nitrogen and oxygen atoms in total. The second kappa shape index (κ2) is 42.9. The number of hydrogen-bond acceptors (Lipinski definition) is 9. The van der Waals surface area contributed by atoms with Crippen molar-refractivity contribution < 1.29 is 47.5 Å². The number of carbonyl (C=O) groups excluding carboxylic acids is 2. The summed E-state index contributed by atoms with van der Waals surface area (Å²) in [5.41, 5.74) is 5.33. The lowest BCUT2D eigenvalue weighted by molar-refractivity contribution is -0.161. The molecule has 1 unspecified atom stereocenters. The van der Waals surface area contributed by atoms with E-state index < -0.39 is 51.1 Å². The smallest absolute Gasteiger partial charge is 0.472 e. The zero-order valence-corrected chi connectivity index (χ0v) is 38.4. The van der Waals surface area contributed by atoms with Crippen molar-refractivity contribution in [3.8, 4) is 0 Å². The van der Waals surface area contributed by atoms with Crippen LogP contribution in [0.3, 0.4) is 0 Å². The van der Waals surface area contributed by atoms with Crippen molar-refractivity contribution in [2.75, 3.05) is 19.8 Å². The Balaban J connectivity index is 4.42. The van der Waals surface area contributed by atoms with E-state index in [-0.39, 0.29) is 19.4 Å². The Morgan fingerprint density at radius 3 is 1.40 bits per heavy atom. The van der Waals surface area contributed by atoms with E-state index in [1.807, 2.05) is 6.08 Å². The van der Waals surface area contributed by atoms with Gasteiger partial charge in [0.05, 0.1) is 13.2 Å². The number of esters is 2. The molecule has 4 N–H and O–H groups in total. The topological polar surface area (TPSA) is 172 Å². The Kier molecular flexibility index (Phi) is 40.8. The van der Waals surface area contributed by atoms with Crippen LogP contribution in [0.15, 0.2) is 60.8 Å². The normalized spacial score (nSPS) is 14.2. The summed E-state index contributed by atoms with van der Waals surface area (Å²) in [4.78, 5) is 46.0. The molecule has 0 aromatic carbocycles. The molecule has 0 radical (unpaired) electrons. The lowest BCUT2D eigenvalue weighted by Crippen LogP contribution is -2.34. The number of unbranched alkanes of at least 4 members (excludes halogenated alkanes) is 19. The quantitative estimate of drug-likeness (QED) is 0.0230. The molecule has 0 amide bonds. The van der Waals surface area contributed by atoms with Gasteiger partial charge in [0.25, 0.3) is 0 Å². The Bertz CT molecular complexity index is 1250. The molecule has 0 fully saturated rings. The van der Waals surface area contributed by atoms with Gasteiger partial charge in [-0.25, -0.2) is 4.57 Å². The third-order valence-electron chi connectivity index (χ3n) is 9.74. The summed E-state index contributed by atoms with van der Waals surface area (Å²) in [7, 11) is -4.73. The zero-order valence-electron chi connectivity index (χ0n) is 37.5. The van der Waals surface area contributed by atoms with Gasteiger partial charge in [0.15, 0.2) is 6.10 Å². The monoisotopic (exact) mass is 866 g/mol. The summed E-state index contributed by atoms with van der Waals surface area (Å²) in [5, 5.41) is 8.90. The molecule has 3 atom stereocenters. The predicted octanol–water partition coefficient (Wildman–Crippen LogP) is 12.7. The number of carboxylic acids is 1. The molecule has 12 heteroatoms. The third kappa shape index (κ3) is 41.9. The highest BCUT2D eigenvalue weighted by molar-refractivity contribution is 7.47. The number of aliphatic carboxylic acids is 1. The molecule has 0 heterocycles. The van der Waals surface area contributed by atoms with Crippen LogP contribution in [0.5, 0.6) is 0 Å². The molecule has 60 heavy (non-hydrogen) atoms. The van der Waals surface area contributed by atoms with E-state index >= 15 is 0 Å². The minimum absolute atomic E-state index is 0.142. The molecular weight excluding hydrogens is 781 g/mol. The summed E-state index contributed by atoms with van der Waals surface area (Å²) in [6, 6.07) is -1.53. The fourth-order valence-electron chi connectivity index (χ4n) is 6.05. The molecule has 346 valence electrons. The Labute approximate surface area is 364 Å². The molecule has 0 rings (SSSR count). The van der Waals surface area contributed by atoms with Crippen molar-refractivity contribution in [1.29, 1.82) is 0 Å². The lowest BCUT2D eigenvalue weighted by Gasteiger charge is -2.20. The molecule has 0 bridgehead atoms. The van der Waals surface area contributed by atoms with Crippen LogP contribution in [0.1, 0.15) is 194 Å². The van der Waals surface area contributed by atoms with E-state index in [1.165, 1.54) is 96.3 Å². The lowest BCUT2D eigenvalue weighted by atomic mass is 10.1. The van der Waals surface area contributed by atoms with E-state index in [4.69, 9.17) is 24.8 Å². The first-order valence-corrected chi connectivity index (χ1v) is 24.8. The van der Waals surface area contributed by atoms with Crippen LogP contribution in [0, 0.1) is 0 Å². The number of rotatable bonds is 43. The van der Waals surface area contributed by atoms with Crippen LogP contribution < -0.4 is 5.73 Å². The van der Waals surface area contributed by atoms with E-state index in [9.17, 15) is 23.8 Å². The minimum atomic E-state index is -4.73. The van der Waals surface area contributed by atoms with Crippen LogP contribution in [0.4, 0.5) is 0 Å². The average Bonchev–Trinajstić information content (AvgIpc) is 3.22. The van der Waals surface area contributed by atoms with E-state index in [2.05, 4.69) is 73.1 Å². The first kappa shape index (κ1) is 57.2. The van der Waals surface area contributed by atoms with Crippen LogP contribution >= 0.6 is 7.82 Å². The van der Waals surface area contributed by atoms with Crippen molar-refractivity contribution in [3.63, 3.8) is 0 Å². The van der Waals surface area contributed by atoms with Crippen molar-refractivity contribution in [3.05, 3.63) is 60.8 Å². The summed E-state index contributed by atoms with van der Waals surface area (Å²) >= 11 is 0. The van der Waals surface area contributed by atoms with Gasteiger partial charge in [-0.15, -0.1) is 0 Å². The van der Waals surface area contributed by atoms with Gasteiger partial charge in [0, 0.05) is 12.8 Å². The van der Waals surface area contributed by atoms with Gasteiger partial charge in [0.1, 0.15) is 12.6 Å². The highest BCUT2D eigenvalue weighted by atomic mass is 31.2. The van der Waals surface area contributed by atoms with Crippen molar-refractivity contribution in [2.45, 2.75) is 206 Å². The van der Waals surface area contributed by atoms with Gasteiger partial charge in [-0.3, -0.25) is 23.4 Å². The summed E-state index contributed by atoms with van der Waals surface area (Å²) in [6.45, 7) is 2.73. The number of phosphoric ester groups is 1. The fraction of sp³-hybridized carbons (Fsp3) is 0.729. The number of nitrogens with two attached hydrogens (primary N) is 1. The maximum absolute atomic E-state index is 12.6. The number of hydrogen-bond donors (Lipinski definition) is 3. The highest BCUT2D eigenvalue weighted by Crippen LogP contribution is 2.43. The molecule has 0 spiro atoms. The van der Waals surface area contributed by atoms with Gasteiger partial charge in [-0.2, -0.15) is 0 Å². The van der Waals surface area contributed by atoms with E-state index in [1.54, 1.807) is 0 Å². The second-order valence-electron chi connectivity index (χ2n) is 15.5. The molecule has 0 saturated carbocycles. The zero-order chi connectivity index (χ0) is 44.2. The first-order valence-electron chi connectivity index (χ1n) is 23.3. The molecule has 0 aliphatic carbocycles. The summed E-state index contributed by atoms with van der Waals surface area (Å²) in [5.74, 6) is -2.46. The Morgan fingerprint density at radius 1 is 0.517 bits per heavy atom. The summed E-state index contributed by atoms with van der Waals surface area (Å²) < 4.78 is 32.7. The van der Waals surface area contributed by atoms with Crippen molar-refractivity contribution >= 4 is 25.7 Å². The largest absolute Gasteiger partial charge is 0.480 e. The Hall–Kier alpha value is -2.82. The van der Waals surface area contributed by atoms with Crippen LogP contribution in [-0.4, -0.2) is 59.9 Å². The van der Waals surface area contributed by atoms with Crippen LogP contribution in [0.25, 0.3) is 0 Å². The van der Waals surface area contributed by atoms with Gasteiger partial charge in [-0.1, -0.05) is 164 Å². The van der Waals surface area contributed by atoms with Crippen molar-refractivity contribution in [1.82, 2.24) is 0 Å². The number of phosphoric acid groups is 1. The highest BCUT2D eigenvalue weighted by Gasteiger charge is 2.28. The van der Waals surface area contributed by atoms with Gasteiger partial charge < -0.3 is 25.2 Å². The molecule has 0 aromatic heterocycles. The average molecular weight is 866 g/mol. The minimum Gasteiger partial charge on any atom is -0.480 e. The maximum Gasteiger partial charge on any atom is 0.472 e. The second-order valence-corrected chi connectivity index (χ2v) is 17.0. The Morgan fingerprint density at radius 2 is 0.900 bits per heavy atom. The number of allylic oxidation sites excluding steroid dienone is 10. The first-order chi connectivity index (χ1) is 29.1. The summed E-state index contributed by atoms with van der Waals surface area (Å²) in [6.07, 6.45) is 50.1. The van der Waals surface area contributed by atoms with Crippen molar-refractivity contribution in [2.24, 2.45) is 5.73 Å². The van der Waals surface area contributed by atoms with Gasteiger partial charge >= 0.3 is 25.7 Å². The number of ether oxygens (including phenoxy) is 2. The number of carbonyl (C=O) groups is 3. The predicted molar refractivity (Wildman–Crippen MR) is 245 cm³/mol. The SMILES string of the molecule is CCCCCC/C=C/CCCCCCCCCC(=O)O[C@@H](COC(=O)CCC/C=C/C/C=C/C/C=C/C/C=C/CCCCCCCCC)COP(=O)(O)OC[C@H](N)C(=O)O.